The number of ether oxygens (including phenoxy) is 1. The van der Waals surface area contributed by atoms with Crippen molar-refractivity contribution < 1.29 is 17.9 Å². The van der Waals surface area contributed by atoms with Crippen molar-refractivity contribution in [1.29, 1.82) is 0 Å². The molecule has 1 saturated heterocycles. The molecule has 1 fully saturated rings. The SMILES string of the molecule is CS(=O)(=O)NCC(=O)N1CCOC(c2ccncc2)C1. The summed E-state index contributed by atoms with van der Waals surface area (Å²) in [6.07, 6.45) is 4.17. The first-order chi connectivity index (χ1) is 9.46. The minimum Gasteiger partial charge on any atom is -0.370 e. The van der Waals surface area contributed by atoms with E-state index in [4.69, 9.17) is 4.74 Å². The maximum atomic E-state index is 12.0. The van der Waals surface area contributed by atoms with Crippen LogP contribution in [0.4, 0.5) is 0 Å². The van der Waals surface area contributed by atoms with E-state index >= 15 is 0 Å². The van der Waals surface area contributed by atoms with Gasteiger partial charge in [0.2, 0.25) is 15.9 Å². The summed E-state index contributed by atoms with van der Waals surface area (Å²) in [7, 11) is -3.36. The van der Waals surface area contributed by atoms with Crippen LogP contribution in [0.2, 0.25) is 0 Å². The standard InChI is InChI=1S/C12H17N3O4S/c1-20(17,18)14-8-12(16)15-6-7-19-11(9-15)10-2-4-13-5-3-10/h2-5,11,14H,6-9H2,1H3. The molecule has 2 rings (SSSR count). The highest BCUT2D eigenvalue weighted by molar-refractivity contribution is 7.88. The van der Waals surface area contributed by atoms with Crippen LogP contribution in [0.1, 0.15) is 11.7 Å². The van der Waals surface area contributed by atoms with E-state index < -0.39 is 10.0 Å². The molecular weight excluding hydrogens is 282 g/mol. The van der Waals surface area contributed by atoms with Gasteiger partial charge < -0.3 is 9.64 Å². The van der Waals surface area contributed by atoms with Crippen molar-refractivity contribution in [3.05, 3.63) is 30.1 Å². The Balaban J connectivity index is 1.95. The van der Waals surface area contributed by atoms with Crippen LogP contribution in [-0.2, 0) is 19.6 Å². The number of hydrogen-bond donors (Lipinski definition) is 1. The molecule has 110 valence electrons. The Hall–Kier alpha value is -1.51. The molecule has 1 unspecified atom stereocenters. The van der Waals surface area contributed by atoms with Crippen molar-refractivity contribution in [3.63, 3.8) is 0 Å². The second kappa shape index (κ2) is 6.29. The van der Waals surface area contributed by atoms with Crippen LogP contribution in [0, 0.1) is 0 Å². The van der Waals surface area contributed by atoms with E-state index in [1.54, 1.807) is 17.3 Å². The van der Waals surface area contributed by atoms with Gasteiger partial charge in [-0.05, 0) is 17.7 Å². The third kappa shape index (κ3) is 4.26. The molecule has 1 amide bonds. The maximum Gasteiger partial charge on any atom is 0.237 e. The van der Waals surface area contributed by atoms with Crippen molar-refractivity contribution in [2.45, 2.75) is 6.10 Å². The van der Waals surface area contributed by atoms with Gasteiger partial charge in [-0.3, -0.25) is 9.78 Å². The summed E-state index contributed by atoms with van der Waals surface area (Å²) in [5.74, 6) is -0.252. The van der Waals surface area contributed by atoms with E-state index in [9.17, 15) is 13.2 Å². The number of nitrogens with one attached hydrogen (secondary N) is 1. The molecule has 20 heavy (non-hydrogen) atoms. The Kier molecular flexibility index (Phi) is 4.69. The van der Waals surface area contributed by atoms with Crippen molar-refractivity contribution in [2.75, 3.05) is 32.5 Å². The van der Waals surface area contributed by atoms with Gasteiger partial charge in [-0.15, -0.1) is 0 Å². The average molecular weight is 299 g/mol. The third-order valence-electron chi connectivity index (χ3n) is 2.98. The van der Waals surface area contributed by atoms with Crippen LogP contribution in [-0.4, -0.2) is 56.7 Å². The number of hydrogen-bond acceptors (Lipinski definition) is 5. The first kappa shape index (κ1) is 14.9. The third-order valence-corrected chi connectivity index (χ3v) is 3.65. The van der Waals surface area contributed by atoms with E-state index in [1.807, 2.05) is 12.1 Å². The van der Waals surface area contributed by atoms with Gasteiger partial charge in [-0.25, -0.2) is 13.1 Å². The first-order valence-electron chi connectivity index (χ1n) is 6.19. The predicted molar refractivity (Wildman–Crippen MR) is 72.4 cm³/mol. The summed E-state index contributed by atoms with van der Waals surface area (Å²) in [6.45, 7) is 1.08. The molecule has 8 heteroatoms. The normalized spacial score (nSPS) is 19.9. The fourth-order valence-electron chi connectivity index (χ4n) is 1.96. The molecule has 0 aromatic carbocycles. The molecule has 1 N–H and O–H groups in total. The summed E-state index contributed by atoms with van der Waals surface area (Å²) in [4.78, 5) is 17.5. The van der Waals surface area contributed by atoms with Gasteiger partial charge in [0.05, 0.1) is 26.0 Å². The number of pyridine rings is 1. The van der Waals surface area contributed by atoms with E-state index in [-0.39, 0.29) is 18.6 Å². The van der Waals surface area contributed by atoms with Crippen LogP contribution in [0.3, 0.4) is 0 Å². The molecule has 0 saturated carbocycles. The van der Waals surface area contributed by atoms with Gasteiger partial charge in [0, 0.05) is 18.9 Å². The zero-order valence-electron chi connectivity index (χ0n) is 11.2. The van der Waals surface area contributed by atoms with Crippen LogP contribution < -0.4 is 4.72 Å². The number of amides is 1. The van der Waals surface area contributed by atoms with Crippen molar-refractivity contribution in [2.24, 2.45) is 0 Å². The number of carbonyl (C=O) groups is 1. The minimum atomic E-state index is -3.36. The minimum absolute atomic E-state index is 0.200. The van der Waals surface area contributed by atoms with E-state index in [1.165, 1.54) is 0 Å². The van der Waals surface area contributed by atoms with Gasteiger partial charge in [-0.1, -0.05) is 0 Å². The highest BCUT2D eigenvalue weighted by Crippen LogP contribution is 2.21. The molecule has 1 aromatic rings. The van der Waals surface area contributed by atoms with E-state index in [2.05, 4.69) is 9.71 Å². The molecule has 0 aliphatic carbocycles. The quantitative estimate of drug-likeness (QED) is 0.812. The zero-order valence-corrected chi connectivity index (χ0v) is 12.0. The maximum absolute atomic E-state index is 12.0. The lowest BCUT2D eigenvalue weighted by atomic mass is 10.1. The van der Waals surface area contributed by atoms with Crippen LogP contribution in [0.25, 0.3) is 0 Å². The second-order valence-electron chi connectivity index (χ2n) is 4.57. The largest absolute Gasteiger partial charge is 0.370 e. The fraction of sp³-hybridized carbons (Fsp3) is 0.500. The molecule has 1 aromatic heterocycles. The number of carbonyl (C=O) groups excluding carboxylic acids is 1. The number of sulfonamides is 1. The smallest absolute Gasteiger partial charge is 0.237 e. The van der Waals surface area contributed by atoms with Gasteiger partial charge in [-0.2, -0.15) is 0 Å². The summed E-state index contributed by atoms with van der Waals surface area (Å²) in [6, 6.07) is 3.68. The summed E-state index contributed by atoms with van der Waals surface area (Å²) in [5.41, 5.74) is 0.952. The molecule has 7 nitrogen and oxygen atoms in total. The number of rotatable bonds is 4. The summed E-state index contributed by atoms with van der Waals surface area (Å²) < 4.78 is 29.8. The summed E-state index contributed by atoms with van der Waals surface area (Å²) in [5, 5.41) is 0. The van der Waals surface area contributed by atoms with Crippen LogP contribution >= 0.6 is 0 Å². The Morgan fingerprint density at radius 3 is 2.85 bits per heavy atom. The van der Waals surface area contributed by atoms with Gasteiger partial charge in [0.1, 0.15) is 6.10 Å². The zero-order chi connectivity index (χ0) is 14.6. The molecule has 0 bridgehead atoms. The molecule has 1 aliphatic heterocycles. The summed E-state index contributed by atoms with van der Waals surface area (Å²) >= 11 is 0. The number of aromatic nitrogens is 1. The van der Waals surface area contributed by atoms with Gasteiger partial charge >= 0.3 is 0 Å². The van der Waals surface area contributed by atoms with Crippen molar-refractivity contribution in [3.8, 4) is 0 Å². The lowest BCUT2D eigenvalue weighted by molar-refractivity contribution is -0.137. The fourth-order valence-corrected chi connectivity index (χ4v) is 2.35. The molecular formula is C12H17N3O4S. The monoisotopic (exact) mass is 299 g/mol. The Morgan fingerprint density at radius 1 is 1.50 bits per heavy atom. The van der Waals surface area contributed by atoms with Gasteiger partial charge in [0.15, 0.2) is 0 Å². The van der Waals surface area contributed by atoms with Crippen LogP contribution in [0.15, 0.2) is 24.5 Å². The lowest BCUT2D eigenvalue weighted by Gasteiger charge is -2.33. The average Bonchev–Trinajstić information content (AvgIpc) is 2.45. The lowest BCUT2D eigenvalue weighted by Crippen LogP contribution is -2.46. The number of morpholine rings is 1. The highest BCUT2D eigenvalue weighted by atomic mass is 32.2. The van der Waals surface area contributed by atoms with Crippen molar-refractivity contribution >= 4 is 15.9 Å². The molecule has 1 aliphatic rings. The highest BCUT2D eigenvalue weighted by Gasteiger charge is 2.25. The van der Waals surface area contributed by atoms with Crippen molar-refractivity contribution in [1.82, 2.24) is 14.6 Å². The Bertz CT molecular complexity index is 561. The predicted octanol–water partition coefficient (Wildman–Crippen LogP) is -0.469. The van der Waals surface area contributed by atoms with E-state index in [0.717, 1.165) is 11.8 Å². The Labute approximate surface area is 118 Å². The molecule has 0 spiro atoms. The Morgan fingerprint density at radius 2 is 2.20 bits per heavy atom. The molecule has 2 heterocycles. The second-order valence-corrected chi connectivity index (χ2v) is 6.41. The molecule has 1 atom stereocenters. The van der Waals surface area contributed by atoms with E-state index in [0.29, 0.717) is 19.7 Å². The first-order valence-corrected chi connectivity index (χ1v) is 8.09. The molecule has 0 radical (unpaired) electrons. The topological polar surface area (TPSA) is 88.6 Å². The van der Waals surface area contributed by atoms with Crippen LogP contribution in [0.5, 0.6) is 0 Å². The van der Waals surface area contributed by atoms with Gasteiger partial charge in [0.25, 0.3) is 0 Å². The number of nitrogens with zero attached hydrogens (tertiary/aromatic N) is 2.